The normalized spacial score (nSPS) is 17.7. The van der Waals surface area contributed by atoms with E-state index in [-0.39, 0.29) is 41.0 Å². The van der Waals surface area contributed by atoms with Gasteiger partial charge in [-0.2, -0.15) is 13.2 Å². The van der Waals surface area contributed by atoms with E-state index in [1.54, 1.807) is 0 Å². The number of ether oxygens (including phenoxy) is 4. The third-order valence-electron chi connectivity index (χ3n) is 6.40. The van der Waals surface area contributed by atoms with Crippen LogP contribution in [0.15, 0.2) is 24.3 Å². The van der Waals surface area contributed by atoms with Crippen molar-refractivity contribution in [1.29, 1.82) is 0 Å². The predicted octanol–water partition coefficient (Wildman–Crippen LogP) is 5.15. The van der Waals surface area contributed by atoms with E-state index < -0.39 is 40.4 Å². The van der Waals surface area contributed by atoms with Gasteiger partial charge in [0.25, 0.3) is 0 Å². The molecule has 0 N–H and O–H groups in total. The number of benzene rings is 2. The van der Waals surface area contributed by atoms with Crippen molar-refractivity contribution in [2.24, 2.45) is 0 Å². The summed E-state index contributed by atoms with van der Waals surface area (Å²) in [6.45, 7) is 3.17. The molecule has 1 saturated heterocycles. The highest BCUT2D eigenvalue weighted by molar-refractivity contribution is 6.33. The zero-order valence-corrected chi connectivity index (χ0v) is 22.2. The largest absolute Gasteiger partial charge is 0.496 e. The lowest BCUT2D eigenvalue weighted by Crippen LogP contribution is -2.34. The van der Waals surface area contributed by atoms with Crippen molar-refractivity contribution >= 4 is 29.3 Å². The molecule has 8 nitrogen and oxygen atoms in total. The molecule has 0 spiro atoms. The van der Waals surface area contributed by atoms with E-state index in [1.807, 2.05) is 11.9 Å². The number of likely N-dealkylation sites (tertiary alicyclic amines) is 1. The Labute approximate surface area is 222 Å². The van der Waals surface area contributed by atoms with Crippen molar-refractivity contribution in [3.8, 4) is 17.2 Å². The Hall–Kier alpha value is -3.31. The van der Waals surface area contributed by atoms with Gasteiger partial charge in [0.05, 0.1) is 36.4 Å². The lowest BCUT2D eigenvalue weighted by molar-refractivity contribution is -0.142. The van der Waals surface area contributed by atoms with Crippen LogP contribution < -0.4 is 14.2 Å². The van der Waals surface area contributed by atoms with Crippen molar-refractivity contribution in [2.75, 3.05) is 34.4 Å². The molecule has 2 aromatic carbocycles. The summed E-state index contributed by atoms with van der Waals surface area (Å²) in [5, 5.41) is -0.473. The Balaban J connectivity index is 2.18. The molecule has 0 unspecified atom stereocenters. The molecule has 0 amide bonds. The first-order valence-corrected chi connectivity index (χ1v) is 11.9. The van der Waals surface area contributed by atoms with E-state index in [1.165, 1.54) is 34.1 Å². The lowest BCUT2D eigenvalue weighted by atomic mass is 9.87. The monoisotopic (exact) mass is 557 g/mol. The van der Waals surface area contributed by atoms with Crippen LogP contribution in [-0.2, 0) is 15.7 Å². The summed E-state index contributed by atoms with van der Waals surface area (Å²) in [7, 11) is 4.56. The number of rotatable bonds is 8. The van der Waals surface area contributed by atoms with Crippen LogP contribution in [0.25, 0.3) is 0 Å². The van der Waals surface area contributed by atoms with Gasteiger partial charge < -0.3 is 18.9 Å². The predicted molar refractivity (Wildman–Crippen MR) is 131 cm³/mol. The fourth-order valence-electron chi connectivity index (χ4n) is 4.54. The highest BCUT2D eigenvalue weighted by Gasteiger charge is 2.40. The Morgan fingerprint density at radius 3 is 2.26 bits per heavy atom. The van der Waals surface area contributed by atoms with Crippen LogP contribution in [0, 0.1) is 0 Å². The molecule has 0 saturated carbocycles. The number of Topliss-reactive ketones (excluding diaryl/α,β-unsaturated/α-hetero) is 1. The number of carbonyl (C=O) groups is 3. The summed E-state index contributed by atoms with van der Waals surface area (Å²) >= 11 is 6.02. The zero-order valence-electron chi connectivity index (χ0n) is 21.4. The summed E-state index contributed by atoms with van der Waals surface area (Å²) < 4.78 is 61.2. The van der Waals surface area contributed by atoms with E-state index in [4.69, 9.17) is 30.5 Å². The molecule has 1 heterocycles. The Morgan fingerprint density at radius 1 is 1.08 bits per heavy atom. The Bertz CT molecular complexity index is 1250. The minimum absolute atomic E-state index is 0.0270. The third kappa shape index (κ3) is 6.05. The molecule has 0 aliphatic carbocycles. The van der Waals surface area contributed by atoms with Crippen LogP contribution in [0.1, 0.15) is 58.0 Å². The molecule has 12 heteroatoms. The summed E-state index contributed by atoms with van der Waals surface area (Å²) in [4.78, 5) is 39.5. The second kappa shape index (κ2) is 11.6. The molecule has 206 valence electrons. The van der Waals surface area contributed by atoms with Crippen molar-refractivity contribution < 1.29 is 46.5 Å². The van der Waals surface area contributed by atoms with Gasteiger partial charge in [-0.1, -0.05) is 11.6 Å². The standard InChI is InChI=1S/C26H27ClF3NO7/c1-13(32)22-20(35-4)11-21(36-5)23(17-8-9-31(3)19(17)12-37-14(2)33)24(22)38-25(34)16-7-6-15(10-18(16)27)26(28,29)30/h6-7,10-11,17,19H,8-9,12H2,1-5H3/t17-,19+/m0/s1. The maximum Gasteiger partial charge on any atom is 0.416 e. The quantitative estimate of drug-likeness (QED) is 0.250. The molecule has 3 rings (SSSR count). The van der Waals surface area contributed by atoms with Crippen LogP contribution in [-0.4, -0.2) is 63.1 Å². The van der Waals surface area contributed by atoms with Crippen LogP contribution in [0.2, 0.25) is 5.02 Å². The number of hydrogen-bond donors (Lipinski definition) is 0. The number of hydrogen-bond acceptors (Lipinski definition) is 8. The summed E-state index contributed by atoms with van der Waals surface area (Å²) in [5.41, 5.74) is -1.06. The number of alkyl halides is 3. The van der Waals surface area contributed by atoms with Gasteiger partial charge in [0, 0.05) is 24.5 Å². The van der Waals surface area contributed by atoms with E-state index in [2.05, 4.69) is 0 Å². The summed E-state index contributed by atoms with van der Waals surface area (Å²) in [6, 6.07) is 3.38. The van der Waals surface area contributed by atoms with Crippen molar-refractivity contribution in [1.82, 2.24) is 4.90 Å². The van der Waals surface area contributed by atoms with Gasteiger partial charge in [-0.25, -0.2) is 4.79 Å². The number of carbonyl (C=O) groups excluding carboxylic acids is 3. The van der Waals surface area contributed by atoms with Gasteiger partial charge >= 0.3 is 18.1 Å². The molecule has 38 heavy (non-hydrogen) atoms. The maximum absolute atomic E-state index is 13.2. The number of methoxy groups -OCH3 is 2. The van der Waals surface area contributed by atoms with E-state index in [0.717, 1.165) is 6.07 Å². The molecular formula is C26H27ClF3NO7. The van der Waals surface area contributed by atoms with Crippen LogP contribution >= 0.6 is 11.6 Å². The first-order chi connectivity index (χ1) is 17.8. The Kier molecular flexibility index (Phi) is 8.94. The van der Waals surface area contributed by atoms with Crippen molar-refractivity contribution in [3.63, 3.8) is 0 Å². The van der Waals surface area contributed by atoms with Gasteiger partial charge in [0.15, 0.2) is 11.5 Å². The van der Waals surface area contributed by atoms with Crippen LogP contribution in [0.5, 0.6) is 17.2 Å². The lowest BCUT2D eigenvalue weighted by Gasteiger charge is -2.28. The molecule has 1 aliphatic heterocycles. The van der Waals surface area contributed by atoms with E-state index in [9.17, 15) is 27.6 Å². The first-order valence-electron chi connectivity index (χ1n) is 11.5. The number of esters is 2. The number of likely N-dealkylation sites (N-methyl/N-ethyl adjacent to an activating group) is 1. The number of nitrogens with zero attached hydrogens (tertiary/aromatic N) is 1. The number of ketones is 1. The molecule has 2 aromatic rings. The minimum atomic E-state index is -4.66. The zero-order chi connectivity index (χ0) is 28.4. The third-order valence-corrected chi connectivity index (χ3v) is 6.71. The number of halogens is 4. The molecule has 0 bridgehead atoms. The fraction of sp³-hybridized carbons (Fsp3) is 0.423. The van der Waals surface area contributed by atoms with Gasteiger partial charge in [-0.05, 0) is 45.1 Å². The molecule has 0 radical (unpaired) electrons. The van der Waals surface area contributed by atoms with Gasteiger partial charge in [-0.15, -0.1) is 0 Å². The average Bonchev–Trinajstić information content (AvgIpc) is 3.20. The molecule has 1 aliphatic rings. The van der Waals surface area contributed by atoms with Crippen molar-refractivity contribution in [3.05, 3.63) is 51.5 Å². The minimum Gasteiger partial charge on any atom is -0.496 e. The van der Waals surface area contributed by atoms with Gasteiger partial charge in [0.2, 0.25) is 0 Å². The molecule has 2 atom stereocenters. The van der Waals surface area contributed by atoms with Crippen molar-refractivity contribution in [2.45, 2.75) is 38.4 Å². The average molecular weight is 558 g/mol. The van der Waals surface area contributed by atoms with E-state index >= 15 is 0 Å². The fourth-order valence-corrected chi connectivity index (χ4v) is 4.80. The summed E-state index contributed by atoms with van der Waals surface area (Å²) in [5.74, 6) is -2.30. The van der Waals surface area contributed by atoms with Gasteiger partial charge in [-0.3, -0.25) is 14.5 Å². The second-order valence-electron chi connectivity index (χ2n) is 8.78. The highest BCUT2D eigenvalue weighted by Crippen LogP contribution is 2.48. The van der Waals surface area contributed by atoms with Crippen LogP contribution in [0.4, 0.5) is 13.2 Å². The SMILES string of the molecule is COc1cc(OC)c([C@H]2CCN(C)[C@@H]2COC(C)=O)c(OC(=O)c2ccc(C(F)(F)F)cc2Cl)c1C(C)=O. The molecule has 1 fully saturated rings. The Morgan fingerprint density at radius 2 is 1.74 bits per heavy atom. The van der Waals surface area contributed by atoms with E-state index in [0.29, 0.717) is 30.7 Å². The smallest absolute Gasteiger partial charge is 0.416 e. The topological polar surface area (TPSA) is 91.4 Å². The second-order valence-corrected chi connectivity index (χ2v) is 9.19. The molecular weight excluding hydrogens is 531 g/mol. The highest BCUT2D eigenvalue weighted by atomic mass is 35.5. The summed E-state index contributed by atoms with van der Waals surface area (Å²) in [6.07, 6.45) is -4.12. The van der Waals surface area contributed by atoms with Gasteiger partial charge in [0.1, 0.15) is 23.7 Å². The maximum atomic E-state index is 13.2. The van der Waals surface area contributed by atoms with Crippen LogP contribution in [0.3, 0.4) is 0 Å². The molecule has 0 aromatic heterocycles. The first kappa shape index (κ1) is 29.2.